The van der Waals surface area contributed by atoms with Gasteiger partial charge in [-0.25, -0.2) is 4.79 Å². The van der Waals surface area contributed by atoms with Crippen LogP contribution in [-0.2, 0) is 4.79 Å². The Kier molecular flexibility index (Phi) is 3.86. The Hall–Kier alpha value is -1.56. The van der Waals surface area contributed by atoms with E-state index in [1.54, 1.807) is 18.2 Å². The normalized spacial score (nSPS) is 15.6. The fourth-order valence-corrected chi connectivity index (χ4v) is 2.22. The molecule has 1 aromatic carbocycles. The van der Waals surface area contributed by atoms with Crippen molar-refractivity contribution in [1.29, 1.82) is 0 Å². The van der Waals surface area contributed by atoms with Crippen molar-refractivity contribution in [2.24, 2.45) is 0 Å². The van der Waals surface area contributed by atoms with Crippen LogP contribution in [0.5, 0.6) is 5.75 Å². The Balaban J connectivity index is 2.21. The number of rotatable bonds is 3. The fraction of sp³-hybridized carbons (Fsp3) is 0.333. The van der Waals surface area contributed by atoms with Gasteiger partial charge in [0.25, 0.3) is 0 Å². The molecule has 0 bridgehead atoms. The highest BCUT2D eigenvalue weighted by atomic mass is 79.9. The van der Waals surface area contributed by atoms with Crippen LogP contribution in [0.1, 0.15) is 13.3 Å². The average Bonchev–Trinajstić information content (AvgIpc) is 2.32. The van der Waals surface area contributed by atoms with Crippen molar-refractivity contribution in [3.05, 3.63) is 22.7 Å². The molecule has 1 aromatic rings. The van der Waals surface area contributed by atoms with Crippen LogP contribution in [-0.4, -0.2) is 25.1 Å². The van der Waals surface area contributed by atoms with E-state index in [-0.39, 0.29) is 11.9 Å². The highest BCUT2D eigenvalue weighted by Crippen LogP contribution is 2.30. The molecule has 0 aliphatic carbocycles. The number of benzene rings is 1. The first-order chi connectivity index (χ1) is 8.61. The molecule has 18 heavy (non-hydrogen) atoms. The zero-order valence-corrected chi connectivity index (χ0v) is 11.5. The van der Waals surface area contributed by atoms with Gasteiger partial charge in [-0.1, -0.05) is 0 Å². The summed E-state index contributed by atoms with van der Waals surface area (Å²) < 4.78 is 6.19. The number of imide groups is 1. The summed E-state index contributed by atoms with van der Waals surface area (Å²) in [5, 5.41) is 2.29. The number of anilines is 1. The van der Waals surface area contributed by atoms with Crippen LogP contribution < -0.4 is 15.0 Å². The van der Waals surface area contributed by atoms with Crippen molar-refractivity contribution in [2.45, 2.75) is 13.3 Å². The number of carbonyl (C=O) groups excluding carboxylic acids is 2. The van der Waals surface area contributed by atoms with E-state index < -0.39 is 0 Å². The summed E-state index contributed by atoms with van der Waals surface area (Å²) in [5.41, 5.74) is 0.732. The minimum atomic E-state index is -0.387. The molecule has 1 aliphatic rings. The number of amides is 3. The van der Waals surface area contributed by atoms with E-state index >= 15 is 0 Å². The molecule has 1 heterocycles. The van der Waals surface area contributed by atoms with Crippen LogP contribution >= 0.6 is 15.9 Å². The molecule has 0 atom stereocenters. The lowest BCUT2D eigenvalue weighted by Crippen LogP contribution is -2.49. The zero-order valence-electron chi connectivity index (χ0n) is 9.90. The summed E-state index contributed by atoms with van der Waals surface area (Å²) in [6.07, 6.45) is 0.316. The third kappa shape index (κ3) is 2.64. The first-order valence-electron chi connectivity index (χ1n) is 5.65. The summed E-state index contributed by atoms with van der Waals surface area (Å²) in [4.78, 5) is 24.3. The van der Waals surface area contributed by atoms with E-state index in [2.05, 4.69) is 21.2 Å². The zero-order chi connectivity index (χ0) is 13.1. The van der Waals surface area contributed by atoms with Crippen LogP contribution in [0.3, 0.4) is 0 Å². The maximum absolute atomic E-state index is 11.7. The third-order valence-corrected chi connectivity index (χ3v) is 3.20. The van der Waals surface area contributed by atoms with Gasteiger partial charge < -0.3 is 4.74 Å². The quantitative estimate of drug-likeness (QED) is 0.931. The summed E-state index contributed by atoms with van der Waals surface area (Å²) in [5.74, 6) is 0.496. The number of urea groups is 1. The van der Waals surface area contributed by atoms with Gasteiger partial charge in [-0.15, -0.1) is 0 Å². The second-order valence-corrected chi connectivity index (χ2v) is 4.66. The van der Waals surface area contributed by atoms with E-state index in [0.717, 1.165) is 15.9 Å². The van der Waals surface area contributed by atoms with Gasteiger partial charge in [0.1, 0.15) is 5.75 Å². The van der Waals surface area contributed by atoms with Crippen LogP contribution in [0.4, 0.5) is 10.5 Å². The van der Waals surface area contributed by atoms with E-state index in [0.29, 0.717) is 19.6 Å². The lowest BCUT2D eigenvalue weighted by atomic mass is 10.2. The summed E-state index contributed by atoms with van der Waals surface area (Å²) >= 11 is 3.40. The van der Waals surface area contributed by atoms with Crippen LogP contribution in [0.15, 0.2) is 22.7 Å². The minimum absolute atomic E-state index is 0.235. The Morgan fingerprint density at radius 3 is 2.83 bits per heavy atom. The van der Waals surface area contributed by atoms with Gasteiger partial charge in [-0.3, -0.25) is 15.0 Å². The monoisotopic (exact) mass is 312 g/mol. The van der Waals surface area contributed by atoms with E-state index in [1.807, 2.05) is 6.92 Å². The van der Waals surface area contributed by atoms with Gasteiger partial charge in [-0.2, -0.15) is 0 Å². The van der Waals surface area contributed by atoms with Gasteiger partial charge in [0, 0.05) is 18.7 Å². The summed E-state index contributed by atoms with van der Waals surface area (Å²) in [6.45, 7) is 2.88. The number of hydrogen-bond acceptors (Lipinski definition) is 3. The van der Waals surface area contributed by atoms with Crippen LogP contribution in [0.25, 0.3) is 0 Å². The Morgan fingerprint density at radius 2 is 2.22 bits per heavy atom. The predicted octanol–water partition coefficient (Wildman–Crippen LogP) is 2.29. The lowest BCUT2D eigenvalue weighted by molar-refractivity contribution is -0.120. The Labute approximate surface area is 113 Å². The van der Waals surface area contributed by atoms with Gasteiger partial charge in [-0.05, 0) is 41.1 Å². The molecule has 0 aromatic heterocycles. The second-order valence-electron chi connectivity index (χ2n) is 3.80. The number of nitrogens with zero attached hydrogens (tertiary/aromatic N) is 1. The fourth-order valence-electron chi connectivity index (χ4n) is 1.74. The van der Waals surface area contributed by atoms with Crippen molar-refractivity contribution in [3.63, 3.8) is 0 Å². The largest absolute Gasteiger partial charge is 0.493 e. The van der Waals surface area contributed by atoms with Crippen LogP contribution in [0, 0.1) is 0 Å². The molecule has 96 valence electrons. The SMILES string of the molecule is CCOc1ccc(N2CCC(=O)NC2=O)cc1Br. The first-order valence-corrected chi connectivity index (χ1v) is 6.45. The van der Waals surface area contributed by atoms with E-state index in [9.17, 15) is 9.59 Å². The third-order valence-electron chi connectivity index (χ3n) is 2.58. The number of ether oxygens (including phenoxy) is 1. The summed E-state index contributed by atoms with van der Waals surface area (Å²) in [6, 6.07) is 5.01. The molecule has 1 fully saturated rings. The first kappa shape index (κ1) is 12.9. The molecule has 1 saturated heterocycles. The Bertz CT molecular complexity index is 490. The average molecular weight is 313 g/mol. The molecule has 0 unspecified atom stereocenters. The molecule has 0 spiro atoms. The molecule has 0 saturated carbocycles. The van der Waals surface area contributed by atoms with Crippen molar-refractivity contribution >= 4 is 33.6 Å². The minimum Gasteiger partial charge on any atom is -0.493 e. The molecular formula is C12H13BrN2O3. The van der Waals surface area contributed by atoms with Crippen molar-refractivity contribution in [1.82, 2.24) is 5.32 Å². The summed E-state index contributed by atoms with van der Waals surface area (Å²) in [7, 11) is 0. The highest BCUT2D eigenvalue weighted by molar-refractivity contribution is 9.10. The molecule has 5 nitrogen and oxygen atoms in total. The lowest BCUT2D eigenvalue weighted by Gasteiger charge is -2.26. The molecule has 0 radical (unpaired) electrons. The van der Waals surface area contributed by atoms with Crippen molar-refractivity contribution in [2.75, 3.05) is 18.1 Å². The molecule has 6 heteroatoms. The molecular weight excluding hydrogens is 300 g/mol. The second kappa shape index (κ2) is 5.39. The van der Waals surface area contributed by atoms with Gasteiger partial charge in [0.15, 0.2) is 0 Å². The van der Waals surface area contributed by atoms with Crippen molar-refractivity contribution in [3.8, 4) is 5.75 Å². The van der Waals surface area contributed by atoms with E-state index in [4.69, 9.17) is 4.74 Å². The Morgan fingerprint density at radius 1 is 1.44 bits per heavy atom. The predicted molar refractivity (Wildman–Crippen MR) is 70.8 cm³/mol. The number of halogens is 1. The molecule has 1 aliphatic heterocycles. The number of nitrogens with one attached hydrogen (secondary N) is 1. The van der Waals surface area contributed by atoms with E-state index in [1.165, 1.54) is 4.90 Å². The van der Waals surface area contributed by atoms with Gasteiger partial charge in [0.05, 0.1) is 11.1 Å². The number of hydrogen-bond donors (Lipinski definition) is 1. The molecule has 2 rings (SSSR count). The molecule has 1 N–H and O–H groups in total. The smallest absolute Gasteiger partial charge is 0.328 e. The van der Waals surface area contributed by atoms with Gasteiger partial charge in [0.2, 0.25) is 5.91 Å². The van der Waals surface area contributed by atoms with Crippen molar-refractivity contribution < 1.29 is 14.3 Å². The highest BCUT2D eigenvalue weighted by Gasteiger charge is 2.24. The topological polar surface area (TPSA) is 58.6 Å². The maximum atomic E-state index is 11.7. The van der Waals surface area contributed by atoms with Crippen LogP contribution in [0.2, 0.25) is 0 Å². The van der Waals surface area contributed by atoms with Gasteiger partial charge >= 0.3 is 6.03 Å². The standard InChI is InChI=1S/C12H13BrN2O3/c1-2-18-10-4-3-8(7-9(10)13)15-6-5-11(16)14-12(15)17/h3-4,7H,2,5-6H2,1H3,(H,14,16,17). The number of carbonyl (C=O) groups is 2. The molecule has 3 amide bonds. The maximum Gasteiger partial charge on any atom is 0.328 e.